The maximum Gasteiger partial charge on any atom is 0.222 e. The Morgan fingerprint density at radius 2 is 2.24 bits per heavy atom. The first kappa shape index (κ1) is 13.8. The van der Waals surface area contributed by atoms with Gasteiger partial charge in [-0.15, -0.1) is 11.3 Å². The molecule has 0 aromatic carbocycles. The van der Waals surface area contributed by atoms with Crippen LogP contribution in [0.1, 0.15) is 16.6 Å². The van der Waals surface area contributed by atoms with Gasteiger partial charge in [0.25, 0.3) is 0 Å². The number of nitrogens with zero attached hydrogens (tertiary/aromatic N) is 2. The van der Waals surface area contributed by atoms with E-state index in [2.05, 4.69) is 14.7 Å². The Balaban J connectivity index is 0.000000317. The molecule has 5 nitrogen and oxygen atoms in total. The van der Waals surface area contributed by atoms with E-state index in [9.17, 15) is 4.79 Å². The molecular weight excluding hydrogens is 262 g/mol. The van der Waals surface area contributed by atoms with E-state index in [1.54, 1.807) is 13.2 Å². The fourth-order valence-electron chi connectivity index (χ4n) is 0.979. The van der Waals surface area contributed by atoms with Gasteiger partial charge in [0.2, 0.25) is 5.95 Å². The van der Waals surface area contributed by atoms with Gasteiger partial charge in [-0.2, -0.15) is 0 Å². The average molecular weight is 274 g/mol. The molecule has 0 aliphatic carbocycles. The van der Waals surface area contributed by atoms with Gasteiger partial charge in [-0.3, -0.25) is 4.79 Å². The van der Waals surface area contributed by atoms with E-state index < -0.39 is 0 Å². The second-order valence-electron chi connectivity index (χ2n) is 2.94. The van der Waals surface area contributed by atoms with Gasteiger partial charge in [-0.1, -0.05) is 11.6 Å². The number of ether oxygens (including phenoxy) is 1. The van der Waals surface area contributed by atoms with Crippen molar-refractivity contribution >= 4 is 45.4 Å². The second-order valence-corrected chi connectivity index (χ2v) is 4.36. The molecule has 0 aliphatic rings. The first-order valence-electron chi connectivity index (χ1n) is 4.79. The summed E-state index contributed by atoms with van der Waals surface area (Å²) in [5.74, 6) is 0.122. The van der Waals surface area contributed by atoms with Crippen molar-refractivity contribution < 1.29 is 9.53 Å². The predicted octanol–water partition coefficient (Wildman–Crippen LogP) is 2.39. The van der Waals surface area contributed by atoms with E-state index in [4.69, 9.17) is 17.3 Å². The third kappa shape index (κ3) is 3.62. The molecule has 0 bridgehead atoms. The first-order valence-corrected chi connectivity index (χ1v) is 5.98. The Kier molecular flexibility index (Phi) is 5.27. The molecule has 0 aliphatic heterocycles. The third-order valence-corrected chi connectivity index (χ3v) is 3.03. The SMILES string of the molecule is CCOC.Nc1nc(Cl)c2cc(C=O)sc2n1. The lowest BCUT2D eigenvalue weighted by Gasteiger charge is -1.93. The molecule has 92 valence electrons. The van der Waals surface area contributed by atoms with Crippen LogP contribution in [0.3, 0.4) is 0 Å². The molecule has 0 saturated carbocycles. The Morgan fingerprint density at radius 1 is 1.59 bits per heavy atom. The molecule has 17 heavy (non-hydrogen) atoms. The van der Waals surface area contributed by atoms with Crippen molar-refractivity contribution in [3.63, 3.8) is 0 Å². The number of aldehydes is 1. The van der Waals surface area contributed by atoms with Gasteiger partial charge in [-0.25, -0.2) is 9.97 Å². The summed E-state index contributed by atoms with van der Waals surface area (Å²) >= 11 is 7.03. The Morgan fingerprint density at radius 3 is 2.76 bits per heavy atom. The molecule has 7 heteroatoms. The minimum Gasteiger partial charge on any atom is -0.385 e. The zero-order chi connectivity index (χ0) is 12.8. The largest absolute Gasteiger partial charge is 0.385 e. The quantitative estimate of drug-likeness (QED) is 0.671. The van der Waals surface area contributed by atoms with Gasteiger partial charge >= 0.3 is 0 Å². The van der Waals surface area contributed by atoms with E-state index in [1.165, 1.54) is 11.3 Å². The number of carbonyl (C=O) groups is 1. The molecule has 0 amide bonds. The summed E-state index contributed by atoms with van der Waals surface area (Å²) in [6, 6.07) is 1.65. The van der Waals surface area contributed by atoms with Crippen molar-refractivity contribution in [2.75, 3.05) is 19.5 Å². The maximum atomic E-state index is 10.5. The van der Waals surface area contributed by atoms with Crippen molar-refractivity contribution in [1.82, 2.24) is 9.97 Å². The lowest BCUT2D eigenvalue weighted by Crippen LogP contribution is -1.93. The van der Waals surface area contributed by atoms with Crippen LogP contribution in [0.15, 0.2) is 6.07 Å². The average Bonchev–Trinajstić information content (AvgIpc) is 2.72. The minimum atomic E-state index is 0.122. The number of hydrogen-bond donors (Lipinski definition) is 1. The third-order valence-electron chi connectivity index (χ3n) is 1.79. The number of rotatable bonds is 2. The summed E-state index contributed by atoms with van der Waals surface area (Å²) in [4.78, 5) is 19.4. The highest BCUT2D eigenvalue weighted by atomic mass is 35.5. The van der Waals surface area contributed by atoms with Crippen molar-refractivity contribution in [3.8, 4) is 0 Å². The summed E-state index contributed by atoms with van der Waals surface area (Å²) < 4.78 is 4.54. The van der Waals surface area contributed by atoms with Crippen molar-refractivity contribution in [1.29, 1.82) is 0 Å². The first-order chi connectivity index (χ1) is 8.12. The van der Waals surface area contributed by atoms with Crippen LogP contribution in [-0.2, 0) is 4.74 Å². The summed E-state index contributed by atoms with van der Waals surface area (Å²) in [6.07, 6.45) is 0.749. The van der Waals surface area contributed by atoms with Crippen LogP contribution in [0.25, 0.3) is 10.2 Å². The fraction of sp³-hybridized carbons (Fsp3) is 0.300. The van der Waals surface area contributed by atoms with E-state index in [0.717, 1.165) is 12.9 Å². The van der Waals surface area contributed by atoms with Crippen LogP contribution in [-0.4, -0.2) is 30.0 Å². The zero-order valence-electron chi connectivity index (χ0n) is 9.44. The summed E-state index contributed by atoms with van der Waals surface area (Å²) in [6.45, 7) is 2.78. The maximum absolute atomic E-state index is 10.5. The normalized spacial score (nSPS) is 9.82. The van der Waals surface area contributed by atoms with Crippen LogP contribution < -0.4 is 5.73 Å². The number of aromatic nitrogens is 2. The molecule has 2 N–H and O–H groups in total. The van der Waals surface area contributed by atoms with Crippen LogP contribution >= 0.6 is 22.9 Å². The standard InChI is InChI=1S/C7H4ClN3OS.C3H8O/c8-5-4-1-3(2-12)13-6(4)11-7(9)10-5;1-3-4-2/h1-2H,(H2,9,10,11);3H2,1-2H3. The van der Waals surface area contributed by atoms with Crippen molar-refractivity contribution in [2.24, 2.45) is 0 Å². The van der Waals surface area contributed by atoms with Crippen LogP contribution in [0.4, 0.5) is 5.95 Å². The molecule has 0 radical (unpaired) electrons. The molecule has 0 spiro atoms. The fourth-order valence-corrected chi connectivity index (χ4v) is 2.12. The molecule has 0 atom stereocenters. The molecule has 2 aromatic rings. The van der Waals surface area contributed by atoms with Crippen LogP contribution in [0.2, 0.25) is 5.15 Å². The van der Waals surface area contributed by atoms with Gasteiger partial charge < -0.3 is 10.5 Å². The van der Waals surface area contributed by atoms with Crippen LogP contribution in [0.5, 0.6) is 0 Å². The van der Waals surface area contributed by atoms with Crippen LogP contribution in [0, 0.1) is 0 Å². The Labute approximate surface area is 108 Å². The molecule has 0 fully saturated rings. The topological polar surface area (TPSA) is 78.1 Å². The molecule has 0 saturated heterocycles. The predicted molar refractivity (Wildman–Crippen MR) is 69.8 cm³/mol. The van der Waals surface area contributed by atoms with E-state index in [0.29, 0.717) is 15.1 Å². The van der Waals surface area contributed by atoms with Crippen molar-refractivity contribution in [2.45, 2.75) is 6.92 Å². The van der Waals surface area contributed by atoms with Crippen molar-refractivity contribution in [3.05, 3.63) is 16.1 Å². The van der Waals surface area contributed by atoms with Gasteiger partial charge in [0.05, 0.1) is 4.88 Å². The molecule has 2 rings (SSSR count). The smallest absolute Gasteiger partial charge is 0.222 e. The molecule has 2 aromatic heterocycles. The number of fused-ring (bicyclic) bond motifs is 1. The monoisotopic (exact) mass is 273 g/mol. The minimum absolute atomic E-state index is 0.122. The zero-order valence-corrected chi connectivity index (χ0v) is 11.0. The number of anilines is 1. The number of nitrogen functional groups attached to an aromatic ring is 1. The number of methoxy groups -OCH3 is 1. The number of hydrogen-bond acceptors (Lipinski definition) is 6. The Hall–Kier alpha value is -1.24. The molecule has 2 heterocycles. The number of halogens is 1. The van der Waals surface area contributed by atoms with E-state index in [-0.39, 0.29) is 11.1 Å². The van der Waals surface area contributed by atoms with Gasteiger partial charge in [-0.05, 0) is 13.0 Å². The van der Waals surface area contributed by atoms with Gasteiger partial charge in [0.1, 0.15) is 9.98 Å². The lowest BCUT2D eigenvalue weighted by atomic mass is 10.4. The van der Waals surface area contributed by atoms with Gasteiger partial charge in [0.15, 0.2) is 6.29 Å². The number of thiophene rings is 1. The Bertz CT molecular complexity index is 513. The lowest BCUT2D eigenvalue weighted by molar-refractivity contribution is 0.112. The number of nitrogens with two attached hydrogens (primary N) is 1. The molecular formula is C10H12ClN3O2S. The highest BCUT2D eigenvalue weighted by Crippen LogP contribution is 2.28. The second kappa shape index (κ2) is 6.48. The van der Waals surface area contributed by atoms with E-state index in [1.807, 2.05) is 6.92 Å². The van der Waals surface area contributed by atoms with E-state index >= 15 is 0 Å². The highest BCUT2D eigenvalue weighted by Gasteiger charge is 2.07. The summed E-state index contributed by atoms with van der Waals surface area (Å²) in [5.41, 5.74) is 5.39. The molecule has 0 unspecified atom stereocenters. The number of carbonyl (C=O) groups excluding carboxylic acids is 1. The summed E-state index contributed by atoms with van der Waals surface area (Å²) in [5, 5.41) is 0.954. The highest BCUT2D eigenvalue weighted by molar-refractivity contribution is 7.20. The summed E-state index contributed by atoms with van der Waals surface area (Å²) in [7, 11) is 1.68. The van der Waals surface area contributed by atoms with Gasteiger partial charge in [0, 0.05) is 19.1 Å².